The van der Waals surface area contributed by atoms with Crippen LogP contribution in [0.25, 0.3) is 10.8 Å². The molecule has 1 N–H and O–H groups in total. The SMILES string of the molecule is CCCOc1ccc(NC(=O)C2(OCCC)CCCCCC2)c2ccccc12. The number of carbonyl (C=O) groups is 1. The van der Waals surface area contributed by atoms with E-state index >= 15 is 0 Å². The van der Waals surface area contributed by atoms with Gasteiger partial charge in [-0.3, -0.25) is 4.79 Å². The van der Waals surface area contributed by atoms with Crippen molar-refractivity contribution in [3.8, 4) is 5.75 Å². The van der Waals surface area contributed by atoms with E-state index in [1.54, 1.807) is 0 Å². The first-order valence-electron chi connectivity index (χ1n) is 10.8. The monoisotopic (exact) mass is 383 g/mol. The summed E-state index contributed by atoms with van der Waals surface area (Å²) in [7, 11) is 0. The fourth-order valence-electron chi connectivity index (χ4n) is 3.99. The Labute approximate surface area is 168 Å². The minimum absolute atomic E-state index is 0.00442. The fourth-order valence-corrected chi connectivity index (χ4v) is 3.99. The van der Waals surface area contributed by atoms with Gasteiger partial charge < -0.3 is 14.8 Å². The van der Waals surface area contributed by atoms with Crippen molar-refractivity contribution in [3.63, 3.8) is 0 Å². The lowest BCUT2D eigenvalue weighted by Gasteiger charge is -2.31. The summed E-state index contributed by atoms with van der Waals surface area (Å²) in [5.74, 6) is 0.858. The van der Waals surface area contributed by atoms with E-state index in [1.807, 2.05) is 36.4 Å². The summed E-state index contributed by atoms with van der Waals surface area (Å²) < 4.78 is 12.1. The third-order valence-electron chi connectivity index (χ3n) is 5.50. The van der Waals surface area contributed by atoms with Gasteiger partial charge in [-0.25, -0.2) is 0 Å². The van der Waals surface area contributed by atoms with Gasteiger partial charge in [0.2, 0.25) is 0 Å². The van der Waals surface area contributed by atoms with Gasteiger partial charge in [0.25, 0.3) is 5.91 Å². The Morgan fingerprint density at radius 2 is 1.61 bits per heavy atom. The number of hydrogen-bond donors (Lipinski definition) is 1. The van der Waals surface area contributed by atoms with Crippen LogP contribution in [0.15, 0.2) is 36.4 Å². The maximum absolute atomic E-state index is 13.4. The topological polar surface area (TPSA) is 47.6 Å². The summed E-state index contributed by atoms with van der Waals surface area (Å²) in [5.41, 5.74) is 0.124. The Kier molecular flexibility index (Phi) is 7.32. The van der Waals surface area contributed by atoms with Crippen molar-refractivity contribution < 1.29 is 14.3 Å². The molecule has 4 nitrogen and oxygen atoms in total. The summed E-state index contributed by atoms with van der Waals surface area (Å²) in [5, 5.41) is 5.23. The number of ether oxygens (including phenoxy) is 2. The molecule has 4 heteroatoms. The third-order valence-corrected chi connectivity index (χ3v) is 5.50. The van der Waals surface area contributed by atoms with Crippen molar-refractivity contribution in [2.45, 2.75) is 70.8 Å². The normalized spacial score (nSPS) is 16.5. The Bertz CT molecular complexity index is 779. The predicted molar refractivity (Wildman–Crippen MR) is 115 cm³/mol. The van der Waals surface area contributed by atoms with Crippen molar-refractivity contribution in [1.29, 1.82) is 0 Å². The number of nitrogens with one attached hydrogen (secondary N) is 1. The van der Waals surface area contributed by atoms with Crippen LogP contribution in [0.1, 0.15) is 65.2 Å². The molecule has 0 bridgehead atoms. The molecule has 0 saturated heterocycles. The molecule has 1 saturated carbocycles. The van der Waals surface area contributed by atoms with Crippen molar-refractivity contribution in [1.82, 2.24) is 0 Å². The van der Waals surface area contributed by atoms with E-state index in [1.165, 1.54) is 12.8 Å². The predicted octanol–water partition coefficient (Wildman–Crippen LogP) is 6.09. The number of amides is 1. The number of rotatable bonds is 8. The van der Waals surface area contributed by atoms with E-state index < -0.39 is 5.60 Å². The highest BCUT2D eigenvalue weighted by atomic mass is 16.5. The van der Waals surface area contributed by atoms with Crippen LogP contribution < -0.4 is 10.1 Å². The zero-order valence-electron chi connectivity index (χ0n) is 17.3. The van der Waals surface area contributed by atoms with Crippen LogP contribution in [0, 0.1) is 0 Å². The molecule has 1 aliphatic rings. The van der Waals surface area contributed by atoms with E-state index in [4.69, 9.17) is 9.47 Å². The van der Waals surface area contributed by atoms with E-state index in [0.29, 0.717) is 13.2 Å². The lowest BCUT2D eigenvalue weighted by atomic mass is 9.92. The summed E-state index contributed by atoms with van der Waals surface area (Å²) in [6.45, 7) is 5.49. The lowest BCUT2D eigenvalue weighted by molar-refractivity contribution is -0.143. The summed E-state index contributed by atoms with van der Waals surface area (Å²) >= 11 is 0. The zero-order chi connectivity index (χ0) is 19.8. The van der Waals surface area contributed by atoms with Crippen LogP contribution in [0.2, 0.25) is 0 Å². The standard InChI is InChI=1S/C24H33NO3/c1-3-17-27-22-14-13-21(19-11-7-8-12-20(19)22)25-23(26)24(28-18-4-2)15-9-5-6-10-16-24/h7-8,11-14H,3-6,9-10,15-18H2,1-2H3,(H,25,26). The minimum Gasteiger partial charge on any atom is -0.493 e. The molecule has 0 atom stereocenters. The number of hydrogen-bond acceptors (Lipinski definition) is 3. The number of benzene rings is 2. The Balaban J connectivity index is 1.88. The van der Waals surface area contributed by atoms with Gasteiger partial charge in [-0.05, 0) is 37.8 Å². The van der Waals surface area contributed by atoms with Gasteiger partial charge >= 0.3 is 0 Å². The van der Waals surface area contributed by atoms with Crippen LogP contribution in [0.4, 0.5) is 5.69 Å². The highest BCUT2D eigenvalue weighted by molar-refractivity contribution is 6.06. The first-order valence-corrected chi connectivity index (χ1v) is 10.8. The van der Waals surface area contributed by atoms with E-state index in [9.17, 15) is 4.79 Å². The molecule has 0 unspecified atom stereocenters. The molecule has 1 aliphatic carbocycles. The Morgan fingerprint density at radius 1 is 0.929 bits per heavy atom. The largest absolute Gasteiger partial charge is 0.493 e. The molecule has 28 heavy (non-hydrogen) atoms. The number of carbonyl (C=O) groups excluding carboxylic acids is 1. The van der Waals surface area contributed by atoms with Crippen LogP contribution >= 0.6 is 0 Å². The smallest absolute Gasteiger partial charge is 0.256 e. The highest BCUT2D eigenvalue weighted by Crippen LogP contribution is 2.35. The second-order valence-corrected chi connectivity index (χ2v) is 7.72. The van der Waals surface area contributed by atoms with E-state index in [2.05, 4.69) is 19.2 Å². The fraction of sp³-hybridized carbons (Fsp3) is 0.542. The maximum Gasteiger partial charge on any atom is 0.256 e. The van der Waals surface area contributed by atoms with Gasteiger partial charge in [-0.15, -0.1) is 0 Å². The van der Waals surface area contributed by atoms with Crippen molar-refractivity contribution >= 4 is 22.4 Å². The third kappa shape index (κ3) is 4.67. The Hall–Kier alpha value is -2.07. The average Bonchev–Trinajstić information content (AvgIpc) is 2.98. The van der Waals surface area contributed by atoms with Crippen molar-refractivity contribution in [2.75, 3.05) is 18.5 Å². The molecule has 2 aromatic carbocycles. The molecule has 3 rings (SSSR count). The van der Waals surface area contributed by atoms with Gasteiger partial charge in [0.15, 0.2) is 0 Å². The van der Waals surface area contributed by atoms with Crippen LogP contribution in [0.5, 0.6) is 5.75 Å². The van der Waals surface area contributed by atoms with Gasteiger partial charge in [-0.1, -0.05) is 63.8 Å². The lowest BCUT2D eigenvalue weighted by Crippen LogP contribution is -2.45. The van der Waals surface area contributed by atoms with Gasteiger partial charge in [0.1, 0.15) is 11.4 Å². The summed E-state index contributed by atoms with van der Waals surface area (Å²) in [6, 6.07) is 12.0. The summed E-state index contributed by atoms with van der Waals surface area (Å²) in [6.07, 6.45) is 7.92. The van der Waals surface area contributed by atoms with E-state index in [-0.39, 0.29) is 5.91 Å². The molecular weight excluding hydrogens is 350 g/mol. The molecule has 0 spiro atoms. The first-order chi connectivity index (χ1) is 13.7. The molecule has 0 radical (unpaired) electrons. The molecule has 0 aliphatic heterocycles. The zero-order valence-corrected chi connectivity index (χ0v) is 17.3. The molecule has 1 fully saturated rings. The second-order valence-electron chi connectivity index (χ2n) is 7.72. The first kappa shape index (κ1) is 20.7. The quantitative estimate of drug-likeness (QED) is 0.561. The number of anilines is 1. The molecule has 1 amide bonds. The van der Waals surface area contributed by atoms with Crippen LogP contribution in [-0.4, -0.2) is 24.7 Å². The van der Waals surface area contributed by atoms with Gasteiger partial charge in [0, 0.05) is 23.1 Å². The van der Waals surface area contributed by atoms with E-state index in [0.717, 1.165) is 60.7 Å². The van der Waals surface area contributed by atoms with Gasteiger partial charge in [0.05, 0.1) is 6.61 Å². The molecule has 0 aromatic heterocycles. The highest BCUT2D eigenvalue weighted by Gasteiger charge is 2.39. The average molecular weight is 384 g/mol. The molecule has 0 heterocycles. The minimum atomic E-state index is -0.703. The maximum atomic E-state index is 13.4. The van der Waals surface area contributed by atoms with Gasteiger partial charge in [-0.2, -0.15) is 0 Å². The molecular formula is C24H33NO3. The Morgan fingerprint density at radius 3 is 2.29 bits per heavy atom. The van der Waals surface area contributed by atoms with Crippen LogP contribution in [0.3, 0.4) is 0 Å². The van der Waals surface area contributed by atoms with Crippen LogP contribution in [-0.2, 0) is 9.53 Å². The molecule has 152 valence electrons. The summed E-state index contributed by atoms with van der Waals surface area (Å²) in [4.78, 5) is 13.4. The molecule has 2 aromatic rings. The van der Waals surface area contributed by atoms with Crippen molar-refractivity contribution in [3.05, 3.63) is 36.4 Å². The van der Waals surface area contributed by atoms with Crippen molar-refractivity contribution in [2.24, 2.45) is 0 Å². The second kappa shape index (κ2) is 9.92. The number of fused-ring (bicyclic) bond motifs is 1.